The number of rotatable bonds is 7. The number of hydrazone groups is 1. The number of nitrogens with zero attached hydrogens (tertiary/aromatic N) is 3. The molecule has 0 aliphatic carbocycles. The highest BCUT2D eigenvalue weighted by Crippen LogP contribution is 2.24. The molecule has 2 rings (SSSR count). The molecule has 6 heteroatoms. The van der Waals surface area contributed by atoms with Crippen molar-refractivity contribution in [1.29, 1.82) is 0 Å². The molecule has 25 heavy (non-hydrogen) atoms. The first kappa shape index (κ1) is 18.6. The fraction of sp³-hybridized carbons (Fsp3) is 0.316. The average molecular weight is 340 g/mol. The number of carbonyl (C=O) groups excluding carboxylic acids is 1. The van der Waals surface area contributed by atoms with Gasteiger partial charge in [0.1, 0.15) is 5.75 Å². The average Bonchev–Trinajstić information content (AvgIpc) is 2.65. The molecule has 2 aromatic rings. The van der Waals surface area contributed by atoms with Gasteiger partial charge in [0.05, 0.1) is 5.71 Å². The van der Waals surface area contributed by atoms with E-state index in [-0.39, 0.29) is 11.7 Å². The Balaban J connectivity index is 2.16. The van der Waals surface area contributed by atoms with Crippen molar-refractivity contribution in [3.8, 4) is 5.75 Å². The van der Waals surface area contributed by atoms with Crippen molar-refractivity contribution in [2.45, 2.75) is 27.3 Å². The Morgan fingerprint density at radius 1 is 1.20 bits per heavy atom. The second kappa shape index (κ2) is 8.94. The Morgan fingerprint density at radius 2 is 1.88 bits per heavy atom. The molecule has 0 saturated heterocycles. The number of aromatic nitrogens is 1. The van der Waals surface area contributed by atoms with Crippen molar-refractivity contribution in [2.75, 3.05) is 13.1 Å². The van der Waals surface area contributed by atoms with Crippen LogP contribution in [-0.2, 0) is 6.54 Å². The lowest BCUT2D eigenvalue weighted by molar-refractivity contribution is 0.0954. The lowest BCUT2D eigenvalue weighted by Gasteiger charge is -2.19. The third-order valence-corrected chi connectivity index (χ3v) is 4.07. The number of nitrogens with one attached hydrogen (secondary N) is 1. The van der Waals surface area contributed by atoms with Gasteiger partial charge in [0.15, 0.2) is 0 Å². The number of phenolic OH excluding ortho intramolecular Hbond substituents is 1. The number of aromatic hydroxyl groups is 1. The van der Waals surface area contributed by atoms with Crippen LogP contribution in [0.1, 0.15) is 42.3 Å². The lowest BCUT2D eigenvalue weighted by Crippen LogP contribution is -2.22. The molecule has 6 nitrogen and oxygen atoms in total. The number of pyridine rings is 1. The molecule has 1 amide bonds. The first-order valence-corrected chi connectivity index (χ1v) is 8.35. The zero-order chi connectivity index (χ0) is 18.2. The molecule has 0 radical (unpaired) electrons. The van der Waals surface area contributed by atoms with E-state index < -0.39 is 0 Å². The summed E-state index contributed by atoms with van der Waals surface area (Å²) < 4.78 is 0. The van der Waals surface area contributed by atoms with Gasteiger partial charge in [0, 0.05) is 35.6 Å². The van der Waals surface area contributed by atoms with E-state index in [1.807, 2.05) is 12.1 Å². The molecule has 0 unspecified atom stereocenters. The van der Waals surface area contributed by atoms with E-state index in [4.69, 9.17) is 0 Å². The molecule has 1 aromatic carbocycles. The first-order chi connectivity index (χ1) is 12.1. The van der Waals surface area contributed by atoms with Crippen LogP contribution in [0.25, 0.3) is 0 Å². The molecule has 0 aliphatic rings. The van der Waals surface area contributed by atoms with Gasteiger partial charge < -0.3 is 5.11 Å². The molecule has 132 valence electrons. The highest BCUT2D eigenvalue weighted by Gasteiger charge is 2.12. The highest BCUT2D eigenvalue weighted by molar-refractivity contribution is 6.02. The third-order valence-electron chi connectivity index (χ3n) is 4.07. The predicted molar refractivity (Wildman–Crippen MR) is 98.6 cm³/mol. The Kier molecular flexibility index (Phi) is 6.65. The number of amides is 1. The highest BCUT2D eigenvalue weighted by atomic mass is 16.3. The summed E-state index contributed by atoms with van der Waals surface area (Å²) in [5.41, 5.74) is 4.98. The maximum atomic E-state index is 12.0. The van der Waals surface area contributed by atoms with E-state index in [1.54, 1.807) is 37.5 Å². The maximum Gasteiger partial charge on any atom is 0.271 e. The van der Waals surface area contributed by atoms with Gasteiger partial charge >= 0.3 is 0 Å². The van der Waals surface area contributed by atoms with Gasteiger partial charge in [-0.3, -0.25) is 14.7 Å². The minimum Gasteiger partial charge on any atom is -0.507 e. The predicted octanol–water partition coefficient (Wildman–Crippen LogP) is 2.78. The number of para-hydroxylation sites is 1. The molecule has 0 fully saturated rings. The van der Waals surface area contributed by atoms with Crippen molar-refractivity contribution in [3.63, 3.8) is 0 Å². The maximum absolute atomic E-state index is 12.0. The minimum absolute atomic E-state index is 0.203. The monoisotopic (exact) mass is 340 g/mol. The van der Waals surface area contributed by atoms with Gasteiger partial charge in [-0.15, -0.1) is 0 Å². The van der Waals surface area contributed by atoms with Gasteiger partial charge in [0.2, 0.25) is 0 Å². The van der Waals surface area contributed by atoms with Crippen LogP contribution in [0.5, 0.6) is 5.75 Å². The van der Waals surface area contributed by atoms with Crippen molar-refractivity contribution in [3.05, 3.63) is 59.4 Å². The fourth-order valence-electron chi connectivity index (χ4n) is 2.46. The number of phenols is 1. The van der Waals surface area contributed by atoms with E-state index in [0.29, 0.717) is 23.4 Å². The normalized spacial score (nSPS) is 11.6. The SMILES string of the molecule is CCN(CC)Cc1cccc(/C(C)=N/NC(=O)c2ccncc2)c1O. The van der Waals surface area contributed by atoms with Gasteiger partial charge in [0.25, 0.3) is 5.91 Å². The smallest absolute Gasteiger partial charge is 0.271 e. The summed E-state index contributed by atoms with van der Waals surface area (Å²) in [6.07, 6.45) is 3.10. The zero-order valence-electron chi connectivity index (χ0n) is 14.9. The number of hydrogen-bond acceptors (Lipinski definition) is 5. The summed E-state index contributed by atoms with van der Waals surface area (Å²) in [4.78, 5) is 18.1. The molecule has 0 atom stereocenters. The van der Waals surface area contributed by atoms with Crippen LogP contribution in [0.3, 0.4) is 0 Å². The number of carbonyl (C=O) groups is 1. The van der Waals surface area contributed by atoms with E-state index in [9.17, 15) is 9.90 Å². The quantitative estimate of drug-likeness (QED) is 0.600. The second-order valence-electron chi connectivity index (χ2n) is 5.65. The largest absolute Gasteiger partial charge is 0.507 e. The summed E-state index contributed by atoms with van der Waals surface area (Å²) in [5, 5.41) is 14.7. The van der Waals surface area contributed by atoms with Crippen molar-refractivity contribution >= 4 is 11.6 Å². The Morgan fingerprint density at radius 3 is 2.52 bits per heavy atom. The van der Waals surface area contributed by atoms with E-state index in [0.717, 1.165) is 18.7 Å². The van der Waals surface area contributed by atoms with Gasteiger partial charge in [-0.25, -0.2) is 5.43 Å². The molecule has 0 spiro atoms. The van der Waals surface area contributed by atoms with Crippen LogP contribution in [0.2, 0.25) is 0 Å². The molecule has 0 saturated carbocycles. The summed E-state index contributed by atoms with van der Waals surface area (Å²) in [6, 6.07) is 8.81. The summed E-state index contributed by atoms with van der Waals surface area (Å²) in [7, 11) is 0. The van der Waals surface area contributed by atoms with Crippen LogP contribution in [0.15, 0.2) is 47.8 Å². The lowest BCUT2D eigenvalue weighted by atomic mass is 10.0. The molecule has 1 heterocycles. The fourth-order valence-corrected chi connectivity index (χ4v) is 2.46. The van der Waals surface area contributed by atoms with Crippen molar-refractivity contribution in [2.24, 2.45) is 5.10 Å². The van der Waals surface area contributed by atoms with Gasteiger partial charge in [-0.1, -0.05) is 26.0 Å². The van der Waals surface area contributed by atoms with Crippen LogP contribution in [-0.4, -0.2) is 39.7 Å². The molecule has 0 aliphatic heterocycles. The molecule has 0 bridgehead atoms. The Hall–Kier alpha value is -2.73. The van der Waals surface area contributed by atoms with Crippen molar-refractivity contribution in [1.82, 2.24) is 15.3 Å². The minimum atomic E-state index is -0.319. The zero-order valence-corrected chi connectivity index (χ0v) is 14.9. The molecular formula is C19H24N4O2. The first-order valence-electron chi connectivity index (χ1n) is 8.35. The molecular weight excluding hydrogens is 316 g/mol. The summed E-state index contributed by atoms with van der Waals surface area (Å²) in [5.74, 6) is -0.116. The molecule has 2 N–H and O–H groups in total. The topological polar surface area (TPSA) is 77.8 Å². The second-order valence-corrected chi connectivity index (χ2v) is 5.65. The third kappa shape index (κ3) is 4.87. The number of benzene rings is 1. The van der Waals surface area contributed by atoms with Crippen molar-refractivity contribution < 1.29 is 9.90 Å². The van der Waals surface area contributed by atoms with E-state index in [1.165, 1.54) is 0 Å². The van der Waals surface area contributed by atoms with Gasteiger partial charge in [-0.05, 0) is 38.2 Å². The molecule has 1 aromatic heterocycles. The van der Waals surface area contributed by atoms with E-state index >= 15 is 0 Å². The van der Waals surface area contributed by atoms with Crippen LogP contribution in [0.4, 0.5) is 0 Å². The number of hydrogen-bond donors (Lipinski definition) is 2. The van der Waals surface area contributed by atoms with Crippen LogP contribution >= 0.6 is 0 Å². The van der Waals surface area contributed by atoms with Gasteiger partial charge in [-0.2, -0.15) is 5.10 Å². The standard InChI is InChI=1S/C19H24N4O2/c1-4-23(5-2)13-16-7-6-8-17(18(16)24)14(3)21-22-19(25)15-9-11-20-12-10-15/h6-12,24H,4-5,13H2,1-3H3,(H,22,25)/b21-14+. The summed E-state index contributed by atoms with van der Waals surface area (Å²) in [6.45, 7) is 8.42. The van der Waals surface area contributed by atoms with Crippen LogP contribution < -0.4 is 5.43 Å². The Bertz CT molecular complexity index is 740. The van der Waals surface area contributed by atoms with Crippen LogP contribution in [0, 0.1) is 0 Å². The Labute approximate surface area is 148 Å². The van der Waals surface area contributed by atoms with E-state index in [2.05, 4.69) is 34.3 Å². The summed E-state index contributed by atoms with van der Waals surface area (Å²) >= 11 is 0.